The third-order valence-electron chi connectivity index (χ3n) is 4.89. The number of benzene rings is 3. The molecule has 0 aromatic heterocycles. The van der Waals surface area contributed by atoms with Gasteiger partial charge in [-0.3, -0.25) is 9.52 Å². The molecular weight excluding hydrogens is 412 g/mol. The number of carbonyl (C=O) groups is 1. The number of hydrogen-bond donors (Lipinski definition) is 2. The zero-order valence-electron chi connectivity index (χ0n) is 17.2. The van der Waals surface area contributed by atoms with Crippen molar-refractivity contribution < 1.29 is 17.9 Å². The Hall–Kier alpha value is -3.58. The lowest BCUT2D eigenvalue weighted by Crippen LogP contribution is -2.13. The summed E-state index contributed by atoms with van der Waals surface area (Å²) in [4.78, 5) is 12.6. The Kier molecular flexibility index (Phi) is 5.52. The molecule has 0 atom stereocenters. The van der Waals surface area contributed by atoms with Crippen molar-refractivity contribution >= 4 is 39.0 Å². The SMILES string of the molecule is CCOc1ccc(NS(=O)(=O)c2ccc3c(c2)/C(=C\c2ccc(C)cc2)C(=O)N3)cc1. The van der Waals surface area contributed by atoms with E-state index >= 15 is 0 Å². The van der Waals surface area contributed by atoms with E-state index in [2.05, 4.69) is 10.0 Å². The molecule has 7 heteroatoms. The van der Waals surface area contributed by atoms with Gasteiger partial charge >= 0.3 is 0 Å². The number of carbonyl (C=O) groups excluding carboxylic acids is 1. The molecule has 1 aliphatic heterocycles. The minimum absolute atomic E-state index is 0.0754. The predicted molar refractivity (Wildman–Crippen MR) is 123 cm³/mol. The number of aryl methyl sites for hydroxylation is 1. The normalized spacial score (nSPS) is 14.3. The fraction of sp³-hybridized carbons (Fsp3) is 0.125. The first kappa shape index (κ1) is 20.7. The largest absolute Gasteiger partial charge is 0.494 e. The third-order valence-corrected chi connectivity index (χ3v) is 6.27. The van der Waals surface area contributed by atoms with Crippen LogP contribution in [-0.2, 0) is 14.8 Å². The molecule has 0 aliphatic carbocycles. The van der Waals surface area contributed by atoms with Crippen LogP contribution >= 0.6 is 0 Å². The third kappa shape index (κ3) is 4.46. The topological polar surface area (TPSA) is 84.5 Å². The van der Waals surface area contributed by atoms with E-state index in [1.807, 2.05) is 38.1 Å². The molecule has 0 bridgehead atoms. The van der Waals surface area contributed by atoms with E-state index in [0.717, 1.165) is 11.1 Å². The number of fused-ring (bicyclic) bond motifs is 1. The predicted octanol–water partition coefficient (Wildman–Crippen LogP) is 4.69. The van der Waals surface area contributed by atoms with Gasteiger partial charge in [0.1, 0.15) is 5.75 Å². The molecule has 4 rings (SSSR count). The zero-order valence-corrected chi connectivity index (χ0v) is 18.0. The number of amides is 1. The molecule has 0 radical (unpaired) electrons. The number of rotatable bonds is 6. The van der Waals surface area contributed by atoms with Crippen molar-refractivity contribution in [1.82, 2.24) is 0 Å². The van der Waals surface area contributed by atoms with Crippen LogP contribution in [0.25, 0.3) is 11.6 Å². The minimum Gasteiger partial charge on any atom is -0.494 e. The maximum atomic E-state index is 12.9. The van der Waals surface area contributed by atoms with E-state index in [0.29, 0.717) is 34.9 Å². The average Bonchev–Trinajstić information content (AvgIpc) is 3.05. The van der Waals surface area contributed by atoms with Crippen LogP contribution in [0.4, 0.5) is 11.4 Å². The first-order chi connectivity index (χ1) is 14.9. The highest BCUT2D eigenvalue weighted by atomic mass is 32.2. The molecule has 6 nitrogen and oxygen atoms in total. The van der Waals surface area contributed by atoms with Gasteiger partial charge < -0.3 is 10.1 Å². The van der Waals surface area contributed by atoms with Crippen LogP contribution in [0.5, 0.6) is 5.75 Å². The van der Waals surface area contributed by atoms with Crippen LogP contribution in [0.2, 0.25) is 0 Å². The Bertz CT molecular complexity index is 1260. The van der Waals surface area contributed by atoms with Crippen LogP contribution in [0.1, 0.15) is 23.6 Å². The fourth-order valence-corrected chi connectivity index (χ4v) is 4.39. The summed E-state index contributed by atoms with van der Waals surface area (Å²) < 4.78 is 33.8. The van der Waals surface area contributed by atoms with E-state index in [9.17, 15) is 13.2 Å². The van der Waals surface area contributed by atoms with E-state index in [1.54, 1.807) is 36.4 Å². The number of ether oxygens (including phenoxy) is 1. The average molecular weight is 435 g/mol. The summed E-state index contributed by atoms with van der Waals surface area (Å²) in [5.74, 6) is 0.406. The summed E-state index contributed by atoms with van der Waals surface area (Å²) in [6.07, 6.45) is 1.76. The van der Waals surface area contributed by atoms with Crippen molar-refractivity contribution in [1.29, 1.82) is 0 Å². The maximum Gasteiger partial charge on any atom is 0.261 e. The van der Waals surface area contributed by atoms with Crippen LogP contribution in [0.3, 0.4) is 0 Å². The Labute approximate surface area is 181 Å². The second-order valence-corrected chi connectivity index (χ2v) is 8.88. The number of hydrogen-bond acceptors (Lipinski definition) is 4. The van der Waals surface area contributed by atoms with Crippen molar-refractivity contribution in [3.8, 4) is 5.75 Å². The Morgan fingerprint density at radius 1 is 1.00 bits per heavy atom. The van der Waals surface area contributed by atoms with Gasteiger partial charge in [0.15, 0.2) is 0 Å². The van der Waals surface area contributed by atoms with Gasteiger partial charge in [-0.15, -0.1) is 0 Å². The van der Waals surface area contributed by atoms with Crippen molar-refractivity contribution in [3.63, 3.8) is 0 Å². The highest BCUT2D eigenvalue weighted by Crippen LogP contribution is 2.35. The van der Waals surface area contributed by atoms with Crippen LogP contribution in [0.15, 0.2) is 71.6 Å². The van der Waals surface area contributed by atoms with Gasteiger partial charge in [0.25, 0.3) is 15.9 Å². The molecule has 3 aromatic rings. The molecule has 0 unspecified atom stereocenters. The first-order valence-corrected chi connectivity index (χ1v) is 11.3. The van der Waals surface area contributed by atoms with Crippen LogP contribution in [-0.4, -0.2) is 20.9 Å². The lowest BCUT2D eigenvalue weighted by molar-refractivity contribution is -0.110. The highest BCUT2D eigenvalue weighted by molar-refractivity contribution is 7.92. The lowest BCUT2D eigenvalue weighted by Gasteiger charge is -2.10. The molecule has 1 amide bonds. The van der Waals surface area contributed by atoms with Crippen molar-refractivity contribution in [2.75, 3.05) is 16.6 Å². The standard InChI is InChI=1S/C24H22N2O4S/c1-3-30-19-10-8-18(9-11-19)26-31(28,29)20-12-13-23-21(15-20)22(24(27)25-23)14-17-6-4-16(2)5-7-17/h4-15,26H,3H2,1-2H3,(H,25,27)/b22-14+. The molecule has 0 saturated carbocycles. The van der Waals surface area contributed by atoms with Crippen LogP contribution in [0, 0.1) is 6.92 Å². The lowest BCUT2D eigenvalue weighted by atomic mass is 10.0. The number of anilines is 2. The second-order valence-electron chi connectivity index (χ2n) is 7.19. The summed E-state index contributed by atoms with van der Waals surface area (Å²) in [6, 6.07) is 19.1. The molecule has 0 saturated heterocycles. The van der Waals surface area contributed by atoms with Crippen molar-refractivity contribution in [3.05, 3.63) is 83.4 Å². The van der Waals surface area contributed by atoms with Crippen molar-refractivity contribution in [2.45, 2.75) is 18.7 Å². The second kappa shape index (κ2) is 8.28. The molecule has 1 aliphatic rings. The monoisotopic (exact) mass is 434 g/mol. The van der Waals surface area contributed by atoms with Crippen LogP contribution < -0.4 is 14.8 Å². The molecule has 158 valence electrons. The van der Waals surface area contributed by atoms with E-state index in [1.165, 1.54) is 12.1 Å². The summed E-state index contributed by atoms with van der Waals surface area (Å²) in [7, 11) is -3.84. The molecule has 3 aromatic carbocycles. The molecule has 0 fully saturated rings. The summed E-state index contributed by atoms with van der Waals surface area (Å²) in [6.45, 7) is 4.40. The minimum atomic E-state index is -3.84. The van der Waals surface area contributed by atoms with Gasteiger partial charge in [0.2, 0.25) is 0 Å². The van der Waals surface area contributed by atoms with Gasteiger partial charge in [0, 0.05) is 22.5 Å². The van der Waals surface area contributed by atoms with Crippen molar-refractivity contribution in [2.24, 2.45) is 0 Å². The molecular formula is C24H22N2O4S. The smallest absolute Gasteiger partial charge is 0.261 e. The number of nitrogens with one attached hydrogen (secondary N) is 2. The van der Waals surface area contributed by atoms with Gasteiger partial charge in [-0.05, 0) is 68.0 Å². The van der Waals surface area contributed by atoms with E-state index < -0.39 is 10.0 Å². The Morgan fingerprint density at radius 3 is 2.39 bits per heavy atom. The Morgan fingerprint density at radius 2 is 1.71 bits per heavy atom. The van der Waals surface area contributed by atoms with E-state index in [-0.39, 0.29) is 10.8 Å². The van der Waals surface area contributed by atoms with Gasteiger partial charge in [0.05, 0.1) is 11.5 Å². The fourth-order valence-electron chi connectivity index (χ4n) is 3.31. The number of sulfonamides is 1. The summed E-state index contributed by atoms with van der Waals surface area (Å²) >= 11 is 0. The highest BCUT2D eigenvalue weighted by Gasteiger charge is 2.26. The summed E-state index contributed by atoms with van der Waals surface area (Å²) in [5.41, 5.74) is 3.98. The first-order valence-electron chi connectivity index (χ1n) is 9.85. The van der Waals surface area contributed by atoms with Gasteiger partial charge in [-0.25, -0.2) is 8.42 Å². The van der Waals surface area contributed by atoms with Gasteiger partial charge in [-0.2, -0.15) is 0 Å². The maximum absolute atomic E-state index is 12.9. The summed E-state index contributed by atoms with van der Waals surface area (Å²) in [5, 5.41) is 2.79. The molecule has 31 heavy (non-hydrogen) atoms. The Balaban J connectivity index is 1.64. The van der Waals surface area contributed by atoms with E-state index in [4.69, 9.17) is 4.74 Å². The molecule has 2 N–H and O–H groups in total. The van der Waals surface area contributed by atoms with Gasteiger partial charge in [-0.1, -0.05) is 29.8 Å². The molecule has 0 spiro atoms. The molecule has 1 heterocycles. The zero-order chi connectivity index (χ0) is 22.0. The quantitative estimate of drug-likeness (QED) is 0.552.